The summed E-state index contributed by atoms with van der Waals surface area (Å²) >= 11 is 3.39. The van der Waals surface area contributed by atoms with E-state index in [9.17, 15) is 13.2 Å². The molecule has 0 aliphatic carbocycles. The van der Waals surface area contributed by atoms with E-state index < -0.39 is 16.0 Å². The van der Waals surface area contributed by atoms with Gasteiger partial charge in [0, 0.05) is 16.1 Å². The summed E-state index contributed by atoms with van der Waals surface area (Å²) < 4.78 is 31.0. The summed E-state index contributed by atoms with van der Waals surface area (Å²) in [6, 6.07) is 21.7. The monoisotopic (exact) mass is 511 g/mol. The number of benzene rings is 3. The Bertz CT molecular complexity index is 1380. The summed E-state index contributed by atoms with van der Waals surface area (Å²) in [4.78, 5) is 11.3. The number of nitrogens with one attached hydrogen (secondary N) is 1. The molecule has 2 N–H and O–H groups in total. The molecule has 4 rings (SSSR count). The van der Waals surface area contributed by atoms with Crippen LogP contribution in [0.2, 0.25) is 0 Å². The lowest BCUT2D eigenvalue weighted by molar-refractivity contribution is 0.0697. The van der Waals surface area contributed by atoms with Gasteiger partial charge in [0.1, 0.15) is 5.82 Å². The molecule has 7 nitrogen and oxygen atoms in total. The predicted octanol–water partition coefficient (Wildman–Crippen LogP) is 5.11. The van der Waals surface area contributed by atoms with E-state index in [2.05, 4.69) is 25.8 Å². The number of halogens is 1. The lowest BCUT2D eigenvalue weighted by Crippen LogP contribution is -2.15. The van der Waals surface area contributed by atoms with Crippen LogP contribution in [0, 0.1) is 6.92 Å². The second-order valence-corrected chi connectivity index (χ2v) is 9.70. The molecule has 0 atom stereocenters. The molecular formula is C23H18BrN3O4S. The van der Waals surface area contributed by atoms with E-state index >= 15 is 0 Å². The smallest absolute Gasteiger partial charge is 0.335 e. The van der Waals surface area contributed by atoms with Crippen molar-refractivity contribution in [1.29, 1.82) is 0 Å². The molecule has 0 saturated carbocycles. The Labute approximate surface area is 193 Å². The van der Waals surface area contributed by atoms with Crippen LogP contribution in [0.5, 0.6) is 0 Å². The van der Waals surface area contributed by atoms with Gasteiger partial charge < -0.3 is 5.11 Å². The zero-order valence-corrected chi connectivity index (χ0v) is 19.3. The lowest BCUT2D eigenvalue weighted by Gasteiger charge is -2.11. The van der Waals surface area contributed by atoms with E-state index in [0.29, 0.717) is 16.9 Å². The molecule has 4 aromatic rings. The van der Waals surface area contributed by atoms with Crippen LogP contribution in [-0.4, -0.2) is 29.3 Å². The topological polar surface area (TPSA) is 101 Å². The largest absolute Gasteiger partial charge is 0.478 e. The fraction of sp³-hybridized carbons (Fsp3) is 0.0435. The van der Waals surface area contributed by atoms with Crippen LogP contribution >= 0.6 is 15.9 Å². The zero-order valence-electron chi connectivity index (χ0n) is 16.9. The number of carboxylic acids is 1. The van der Waals surface area contributed by atoms with Crippen LogP contribution in [-0.2, 0) is 10.0 Å². The van der Waals surface area contributed by atoms with Gasteiger partial charge in [-0.2, -0.15) is 5.10 Å². The molecule has 0 saturated heterocycles. The number of carboxylic acid groups (broad SMARTS) is 1. The van der Waals surface area contributed by atoms with Crippen LogP contribution in [0.4, 0.5) is 5.82 Å². The van der Waals surface area contributed by atoms with E-state index in [1.807, 2.05) is 19.1 Å². The molecule has 0 unspecified atom stereocenters. The van der Waals surface area contributed by atoms with E-state index in [1.54, 1.807) is 54.6 Å². The van der Waals surface area contributed by atoms with E-state index in [4.69, 9.17) is 5.11 Å². The molecule has 0 spiro atoms. The Balaban J connectivity index is 1.78. The first-order valence-electron chi connectivity index (χ1n) is 9.52. The van der Waals surface area contributed by atoms with Crippen molar-refractivity contribution in [2.45, 2.75) is 11.8 Å². The molecule has 1 aromatic heterocycles. The third-order valence-electron chi connectivity index (χ3n) is 4.78. The van der Waals surface area contributed by atoms with Crippen molar-refractivity contribution >= 4 is 37.7 Å². The number of anilines is 1. The molecule has 162 valence electrons. The molecule has 0 bridgehead atoms. The van der Waals surface area contributed by atoms with Crippen LogP contribution in [0.15, 0.2) is 88.2 Å². The number of nitrogens with zero attached hydrogens (tertiary/aromatic N) is 2. The molecular weight excluding hydrogens is 494 g/mol. The van der Waals surface area contributed by atoms with Gasteiger partial charge in [-0.05, 0) is 55.5 Å². The van der Waals surface area contributed by atoms with Crippen molar-refractivity contribution in [2.24, 2.45) is 0 Å². The highest BCUT2D eigenvalue weighted by atomic mass is 79.9. The van der Waals surface area contributed by atoms with Gasteiger partial charge in [0.15, 0.2) is 0 Å². The fourth-order valence-electron chi connectivity index (χ4n) is 3.07. The zero-order chi connectivity index (χ0) is 22.9. The number of hydrogen-bond acceptors (Lipinski definition) is 4. The van der Waals surface area contributed by atoms with Crippen LogP contribution < -0.4 is 4.72 Å². The van der Waals surface area contributed by atoms with Crippen LogP contribution in [0.1, 0.15) is 15.9 Å². The summed E-state index contributed by atoms with van der Waals surface area (Å²) in [7, 11) is -3.85. The van der Waals surface area contributed by atoms with Crippen molar-refractivity contribution in [3.63, 3.8) is 0 Å². The molecule has 3 aromatic carbocycles. The van der Waals surface area contributed by atoms with Crippen LogP contribution in [0.25, 0.3) is 16.9 Å². The van der Waals surface area contributed by atoms with Gasteiger partial charge >= 0.3 is 5.97 Å². The maximum absolute atomic E-state index is 13.0. The Hall–Kier alpha value is -3.43. The third-order valence-corrected chi connectivity index (χ3v) is 6.68. The minimum Gasteiger partial charge on any atom is -0.478 e. The standard InChI is InChI=1S/C23H18BrN3O4S/c1-15-2-12-20(13-3-15)32(30,31)26-22-14-21(16-4-6-17(7-5-16)23(28)29)25-27(22)19-10-8-18(24)9-11-19/h2-14,26H,1H3,(H,28,29). The maximum Gasteiger partial charge on any atom is 0.335 e. The molecule has 0 amide bonds. The normalized spacial score (nSPS) is 11.3. The average molecular weight is 512 g/mol. The highest BCUT2D eigenvalue weighted by Crippen LogP contribution is 2.27. The minimum absolute atomic E-state index is 0.138. The van der Waals surface area contributed by atoms with Gasteiger partial charge in [0.05, 0.1) is 21.8 Å². The van der Waals surface area contributed by atoms with Crippen molar-refractivity contribution in [3.8, 4) is 16.9 Å². The van der Waals surface area contributed by atoms with Crippen molar-refractivity contribution in [2.75, 3.05) is 4.72 Å². The second-order valence-electron chi connectivity index (χ2n) is 7.10. The number of aromatic carboxylic acids is 1. The minimum atomic E-state index is -3.85. The quantitative estimate of drug-likeness (QED) is 0.374. The summed E-state index contributed by atoms with van der Waals surface area (Å²) in [5, 5.41) is 13.7. The molecule has 0 aliphatic heterocycles. The highest BCUT2D eigenvalue weighted by molar-refractivity contribution is 9.10. The molecule has 0 radical (unpaired) electrons. The third kappa shape index (κ3) is 4.58. The Morgan fingerprint density at radius 3 is 2.19 bits per heavy atom. The van der Waals surface area contributed by atoms with Gasteiger partial charge in [-0.15, -0.1) is 0 Å². The van der Waals surface area contributed by atoms with Gasteiger partial charge in [-0.1, -0.05) is 45.8 Å². The Morgan fingerprint density at radius 1 is 0.969 bits per heavy atom. The van der Waals surface area contributed by atoms with E-state index in [-0.39, 0.29) is 16.3 Å². The number of rotatable bonds is 6. The first-order chi connectivity index (χ1) is 15.2. The summed E-state index contributed by atoms with van der Waals surface area (Å²) in [5.41, 5.74) is 2.91. The highest BCUT2D eigenvalue weighted by Gasteiger charge is 2.19. The molecule has 9 heteroatoms. The van der Waals surface area contributed by atoms with Crippen molar-refractivity contribution in [3.05, 3.63) is 94.5 Å². The molecule has 1 heterocycles. The maximum atomic E-state index is 13.0. The molecule has 0 aliphatic rings. The van der Waals surface area contributed by atoms with Gasteiger partial charge in [-0.25, -0.2) is 17.9 Å². The first-order valence-corrected chi connectivity index (χ1v) is 11.8. The second kappa shape index (κ2) is 8.60. The Kier molecular flexibility index (Phi) is 5.86. The number of sulfonamides is 1. The van der Waals surface area contributed by atoms with E-state index in [1.165, 1.54) is 16.8 Å². The molecule has 0 fully saturated rings. The van der Waals surface area contributed by atoms with Gasteiger partial charge in [0.25, 0.3) is 10.0 Å². The summed E-state index contributed by atoms with van der Waals surface area (Å²) in [5.74, 6) is -0.770. The summed E-state index contributed by atoms with van der Waals surface area (Å²) in [6.45, 7) is 1.88. The number of aromatic nitrogens is 2. The number of aryl methyl sites for hydroxylation is 1. The predicted molar refractivity (Wildman–Crippen MR) is 126 cm³/mol. The lowest BCUT2D eigenvalue weighted by atomic mass is 10.1. The number of carbonyl (C=O) groups is 1. The average Bonchev–Trinajstić information content (AvgIpc) is 3.17. The number of hydrogen-bond donors (Lipinski definition) is 2. The van der Waals surface area contributed by atoms with Crippen LogP contribution in [0.3, 0.4) is 0 Å². The fourth-order valence-corrected chi connectivity index (χ4v) is 4.37. The summed E-state index contributed by atoms with van der Waals surface area (Å²) in [6.07, 6.45) is 0. The van der Waals surface area contributed by atoms with Crippen molar-refractivity contribution < 1.29 is 18.3 Å². The van der Waals surface area contributed by atoms with Gasteiger partial charge in [0.2, 0.25) is 0 Å². The molecule has 32 heavy (non-hydrogen) atoms. The first kappa shape index (κ1) is 21.8. The Morgan fingerprint density at radius 2 is 1.59 bits per heavy atom. The van der Waals surface area contributed by atoms with Crippen molar-refractivity contribution in [1.82, 2.24) is 9.78 Å². The van der Waals surface area contributed by atoms with E-state index in [0.717, 1.165) is 10.0 Å². The SMILES string of the molecule is Cc1ccc(S(=O)(=O)Nc2cc(-c3ccc(C(=O)O)cc3)nn2-c2ccc(Br)cc2)cc1. The van der Waals surface area contributed by atoms with Gasteiger partial charge in [-0.3, -0.25) is 4.72 Å².